The minimum Gasteiger partial charge on any atom is -0.399 e. The summed E-state index contributed by atoms with van der Waals surface area (Å²) in [5.41, 5.74) is 7.86. The van der Waals surface area contributed by atoms with Gasteiger partial charge in [-0.2, -0.15) is 0 Å². The molecule has 1 aliphatic rings. The number of hydrogen-bond donors (Lipinski definition) is 1. The summed E-state index contributed by atoms with van der Waals surface area (Å²) in [4.78, 5) is 18.8. The minimum absolute atomic E-state index is 0. The van der Waals surface area contributed by atoms with Crippen molar-refractivity contribution in [1.82, 2.24) is 9.80 Å². The summed E-state index contributed by atoms with van der Waals surface area (Å²) in [6.07, 6.45) is 0. The van der Waals surface area contributed by atoms with Crippen LogP contribution in [-0.2, 0) is 6.54 Å². The number of nitrogens with zero attached hydrogens (tertiary/aromatic N) is 2. The minimum atomic E-state index is 0. The number of hydrogen-bond acceptors (Lipinski definition) is 4. The number of nitrogen functional groups attached to an aromatic ring is 1. The smallest absolute Gasteiger partial charge is 0.264 e. The molecular formula is C17H22ClN3OS. The van der Waals surface area contributed by atoms with Gasteiger partial charge in [0.1, 0.15) is 0 Å². The highest BCUT2D eigenvalue weighted by molar-refractivity contribution is 7.13. The van der Waals surface area contributed by atoms with Gasteiger partial charge in [0.25, 0.3) is 5.91 Å². The highest BCUT2D eigenvalue weighted by atomic mass is 35.5. The first-order valence-corrected chi connectivity index (χ1v) is 8.36. The van der Waals surface area contributed by atoms with Crippen LogP contribution in [0.1, 0.15) is 20.1 Å². The van der Waals surface area contributed by atoms with Crippen molar-refractivity contribution in [2.24, 2.45) is 0 Å². The van der Waals surface area contributed by atoms with E-state index in [0.717, 1.165) is 43.3 Å². The lowest BCUT2D eigenvalue weighted by molar-refractivity contribution is 0.0633. The molecule has 1 fully saturated rings. The normalized spacial score (nSPS) is 15.3. The predicted octanol–water partition coefficient (Wildman–Crippen LogP) is 3.02. The Morgan fingerprint density at radius 2 is 1.91 bits per heavy atom. The van der Waals surface area contributed by atoms with Crippen LogP contribution in [0.2, 0.25) is 0 Å². The molecule has 0 bridgehead atoms. The van der Waals surface area contributed by atoms with E-state index in [1.54, 1.807) is 11.3 Å². The lowest BCUT2D eigenvalue weighted by atomic mass is 10.1. The fourth-order valence-corrected chi connectivity index (χ4v) is 3.60. The number of benzene rings is 1. The maximum absolute atomic E-state index is 12.4. The second kappa shape index (κ2) is 7.81. The molecule has 124 valence electrons. The van der Waals surface area contributed by atoms with Gasteiger partial charge in [0.2, 0.25) is 0 Å². The molecule has 2 N–H and O–H groups in total. The molecule has 0 radical (unpaired) electrons. The Hall–Kier alpha value is -1.56. The molecule has 6 heteroatoms. The van der Waals surface area contributed by atoms with E-state index >= 15 is 0 Å². The van der Waals surface area contributed by atoms with E-state index < -0.39 is 0 Å². The second-order valence-electron chi connectivity index (χ2n) is 5.72. The maximum Gasteiger partial charge on any atom is 0.264 e. The zero-order valence-electron chi connectivity index (χ0n) is 13.2. The molecule has 0 saturated carbocycles. The van der Waals surface area contributed by atoms with Gasteiger partial charge in [0.05, 0.1) is 4.88 Å². The predicted molar refractivity (Wildman–Crippen MR) is 98.3 cm³/mol. The third-order valence-electron chi connectivity index (χ3n) is 3.97. The fraction of sp³-hybridized carbons (Fsp3) is 0.353. The van der Waals surface area contributed by atoms with Gasteiger partial charge in [0, 0.05) is 43.3 Å². The molecule has 0 unspecified atom stereocenters. The molecule has 0 spiro atoms. The molecule has 4 nitrogen and oxygen atoms in total. The average molecular weight is 352 g/mol. The number of amides is 1. The van der Waals surface area contributed by atoms with Gasteiger partial charge < -0.3 is 10.6 Å². The lowest BCUT2D eigenvalue weighted by Gasteiger charge is -2.34. The number of rotatable bonds is 3. The molecule has 1 saturated heterocycles. The van der Waals surface area contributed by atoms with Crippen molar-refractivity contribution < 1.29 is 4.79 Å². The van der Waals surface area contributed by atoms with Crippen molar-refractivity contribution in [3.63, 3.8) is 0 Å². The number of thiophene rings is 1. The van der Waals surface area contributed by atoms with Crippen LogP contribution in [0.25, 0.3) is 0 Å². The quantitative estimate of drug-likeness (QED) is 0.865. The van der Waals surface area contributed by atoms with Crippen LogP contribution in [0.4, 0.5) is 5.69 Å². The molecule has 2 aromatic rings. The molecule has 3 rings (SSSR count). The topological polar surface area (TPSA) is 49.6 Å². The molecule has 23 heavy (non-hydrogen) atoms. The third kappa shape index (κ3) is 4.47. The summed E-state index contributed by atoms with van der Waals surface area (Å²) < 4.78 is 0. The first kappa shape index (κ1) is 17.8. The maximum atomic E-state index is 12.4. The Bertz CT molecular complexity index is 665. The van der Waals surface area contributed by atoms with Crippen LogP contribution < -0.4 is 5.73 Å². The number of carbonyl (C=O) groups is 1. The van der Waals surface area contributed by atoms with Crippen LogP contribution in [0.15, 0.2) is 36.4 Å². The summed E-state index contributed by atoms with van der Waals surface area (Å²) >= 11 is 1.58. The first-order valence-electron chi connectivity index (χ1n) is 7.54. The fourth-order valence-electron chi connectivity index (χ4n) is 2.76. The number of piperazine rings is 1. The third-order valence-corrected chi connectivity index (χ3v) is 4.96. The summed E-state index contributed by atoms with van der Waals surface area (Å²) in [6, 6.07) is 12.0. The van der Waals surface area contributed by atoms with Gasteiger partial charge in [-0.25, -0.2) is 0 Å². The van der Waals surface area contributed by atoms with E-state index in [2.05, 4.69) is 11.0 Å². The highest BCUT2D eigenvalue weighted by Gasteiger charge is 2.22. The van der Waals surface area contributed by atoms with Crippen LogP contribution >= 0.6 is 23.7 Å². The lowest BCUT2D eigenvalue weighted by Crippen LogP contribution is -2.48. The Morgan fingerprint density at radius 3 is 2.52 bits per heavy atom. The molecule has 1 aromatic carbocycles. The van der Waals surface area contributed by atoms with Crippen LogP contribution in [-0.4, -0.2) is 41.9 Å². The van der Waals surface area contributed by atoms with E-state index in [9.17, 15) is 4.79 Å². The van der Waals surface area contributed by atoms with Gasteiger partial charge in [-0.3, -0.25) is 9.69 Å². The van der Waals surface area contributed by atoms with Crippen molar-refractivity contribution in [3.8, 4) is 0 Å². The summed E-state index contributed by atoms with van der Waals surface area (Å²) in [5, 5.41) is 0. The Morgan fingerprint density at radius 1 is 1.17 bits per heavy atom. The van der Waals surface area contributed by atoms with Gasteiger partial charge >= 0.3 is 0 Å². The molecule has 1 aliphatic heterocycles. The average Bonchev–Trinajstić information content (AvgIpc) is 2.94. The highest BCUT2D eigenvalue weighted by Crippen LogP contribution is 2.19. The van der Waals surface area contributed by atoms with Gasteiger partial charge in [-0.05, 0) is 36.8 Å². The molecule has 0 atom stereocenters. The monoisotopic (exact) mass is 351 g/mol. The van der Waals surface area contributed by atoms with Gasteiger partial charge in [-0.15, -0.1) is 23.7 Å². The van der Waals surface area contributed by atoms with E-state index in [1.165, 1.54) is 10.4 Å². The van der Waals surface area contributed by atoms with E-state index in [-0.39, 0.29) is 18.3 Å². The molecule has 0 aliphatic carbocycles. The number of nitrogens with two attached hydrogens (primary N) is 1. The molecular weight excluding hydrogens is 330 g/mol. The molecule has 1 amide bonds. The SMILES string of the molecule is Cc1ccc(C(=O)N2CCN(Cc3cccc(N)c3)CC2)s1.Cl. The summed E-state index contributed by atoms with van der Waals surface area (Å²) in [5.74, 6) is 0.168. The van der Waals surface area contributed by atoms with Crippen molar-refractivity contribution in [3.05, 3.63) is 51.7 Å². The Balaban J connectivity index is 0.00000192. The summed E-state index contributed by atoms with van der Waals surface area (Å²) in [7, 11) is 0. The van der Waals surface area contributed by atoms with E-state index in [1.807, 2.05) is 42.2 Å². The van der Waals surface area contributed by atoms with Gasteiger partial charge in [-0.1, -0.05) is 12.1 Å². The van der Waals surface area contributed by atoms with Crippen LogP contribution in [0.5, 0.6) is 0 Å². The van der Waals surface area contributed by atoms with Crippen molar-refractivity contribution in [1.29, 1.82) is 0 Å². The number of carbonyl (C=O) groups excluding carboxylic acids is 1. The zero-order chi connectivity index (χ0) is 15.5. The van der Waals surface area contributed by atoms with Crippen LogP contribution in [0, 0.1) is 6.92 Å². The largest absolute Gasteiger partial charge is 0.399 e. The number of anilines is 1. The van der Waals surface area contributed by atoms with E-state index in [0.29, 0.717) is 0 Å². The van der Waals surface area contributed by atoms with E-state index in [4.69, 9.17) is 5.73 Å². The Kier molecular flexibility index (Phi) is 6.04. The Labute approximate surface area is 147 Å². The van der Waals surface area contributed by atoms with Crippen molar-refractivity contribution >= 4 is 35.3 Å². The number of aryl methyl sites for hydroxylation is 1. The zero-order valence-corrected chi connectivity index (χ0v) is 14.8. The first-order chi connectivity index (χ1) is 10.6. The van der Waals surface area contributed by atoms with Crippen molar-refractivity contribution in [2.45, 2.75) is 13.5 Å². The standard InChI is InChI=1S/C17H21N3OS.ClH/c1-13-5-6-16(22-13)17(21)20-9-7-19(8-10-20)12-14-3-2-4-15(18)11-14;/h2-6,11H,7-10,12,18H2,1H3;1H. The van der Waals surface area contributed by atoms with Crippen LogP contribution in [0.3, 0.4) is 0 Å². The molecule has 2 heterocycles. The second-order valence-corrected chi connectivity index (χ2v) is 7.01. The summed E-state index contributed by atoms with van der Waals surface area (Å²) in [6.45, 7) is 6.32. The van der Waals surface area contributed by atoms with Crippen molar-refractivity contribution in [2.75, 3.05) is 31.9 Å². The molecule has 1 aromatic heterocycles. The van der Waals surface area contributed by atoms with Gasteiger partial charge in [0.15, 0.2) is 0 Å². The number of halogens is 1.